The molecule has 49 heavy (non-hydrogen) atoms. The second-order valence-electron chi connectivity index (χ2n) is 16.3. The van der Waals surface area contributed by atoms with Crippen molar-refractivity contribution in [3.63, 3.8) is 0 Å². The zero-order valence-corrected chi connectivity index (χ0v) is 30.7. The van der Waals surface area contributed by atoms with Crippen LogP contribution in [0.3, 0.4) is 0 Å². The Morgan fingerprint density at radius 3 is 2.22 bits per heavy atom. The van der Waals surface area contributed by atoms with Crippen LogP contribution < -0.4 is 0 Å². The van der Waals surface area contributed by atoms with Gasteiger partial charge in [-0.1, -0.05) is 111 Å². The number of cyclic esters (lactones) is 1. The maximum absolute atomic E-state index is 15.9. The maximum atomic E-state index is 15.9. The van der Waals surface area contributed by atoms with Gasteiger partial charge >= 0.3 is 5.97 Å². The number of fused-ring (bicyclic) bond motifs is 6. The molecule has 5 rings (SSSR count). The number of hydrogen-bond donors (Lipinski definition) is 1. The molecule has 8 heteroatoms. The van der Waals surface area contributed by atoms with E-state index in [-0.39, 0.29) is 29.3 Å². The first-order chi connectivity index (χ1) is 23.5. The lowest BCUT2D eigenvalue weighted by Crippen LogP contribution is -2.60. The Kier molecular flexibility index (Phi) is 13.0. The first-order valence-electron chi connectivity index (χ1n) is 19.8. The van der Waals surface area contributed by atoms with Crippen molar-refractivity contribution in [2.45, 2.75) is 180 Å². The van der Waals surface area contributed by atoms with E-state index < -0.39 is 53.7 Å². The highest BCUT2D eigenvalue weighted by atomic mass is 19.1. The second-order valence-corrected chi connectivity index (χ2v) is 16.3. The molecule has 1 spiro atoms. The Hall–Kier alpha value is -1.90. The van der Waals surface area contributed by atoms with E-state index >= 15 is 4.39 Å². The van der Waals surface area contributed by atoms with Crippen molar-refractivity contribution < 1.29 is 38.1 Å². The van der Waals surface area contributed by atoms with Crippen molar-refractivity contribution in [2.75, 3.05) is 6.61 Å². The van der Waals surface area contributed by atoms with E-state index in [9.17, 15) is 19.5 Å². The summed E-state index contributed by atoms with van der Waals surface area (Å²) in [6.45, 7) is 7.99. The van der Waals surface area contributed by atoms with Gasteiger partial charge in [-0.3, -0.25) is 9.59 Å². The van der Waals surface area contributed by atoms with Crippen molar-refractivity contribution >= 4 is 17.5 Å². The van der Waals surface area contributed by atoms with Crippen LogP contribution in [0.2, 0.25) is 0 Å². The number of aliphatic hydroxyl groups is 1. The predicted molar refractivity (Wildman–Crippen MR) is 187 cm³/mol. The van der Waals surface area contributed by atoms with Crippen molar-refractivity contribution in [3.8, 4) is 0 Å². The number of Topliss-reactive ketones (excluding diaryl/α,β-unsaturated/α-hetero) is 1. The highest BCUT2D eigenvalue weighted by Crippen LogP contribution is 2.68. The summed E-state index contributed by atoms with van der Waals surface area (Å²) in [7, 11) is 0. The highest BCUT2D eigenvalue weighted by molar-refractivity contribution is 6.01. The van der Waals surface area contributed by atoms with Crippen LogP contribution in [0.25, 0.3) is 0 Å². The number of hydrogen-bond acceptors (Lipinski definition) is 7. The third-order valence-electron chi connectivity index (χ3n) is 13.3. The summed E-state index contributed by atoms with van der Waals surface area (Å²) in [6.07, 6.45) is 18.3. The molecule has 4 aliphatic carbocycles. The molecule has 0 aromatic rings. The number of aliphatic hydroxyl groups excluding tert-OH is 1. The molecule has 276 valence electrons. The average Bonchev–Trinajstić information content (AvgIpc) is 3.39. The molecule has 0 amide bonds. The minimum absolute atomic E-state index is 0.0191. The molecule has 0 bridgehead atoms. The largest absolute Gasteiger partial charge is 0.456 e. The van der Waals surface area contributed by atoms with E-state index in [0.29, 0.717) is 50.5 Å². The van der Waals surface area contributed by atoms with Crippen LogP contribution in [0.5, 0.6) is 0 Å². The molecule has 0 radical (unpaired) electrons. The molecule has 7 nitrogen and oxygen atoms in total. The van der Waals surface area contributed by atoms with Gasteiger partial charge in [0.2, 0.25) is 5.78 Å². The number of ether oxygens (including phenoxy) is 3. The van der Waals surface area contributed by atoms with Gasteiger partial charge in [-0.25, -0.2) is 9.18 Å². The monoisotopic (exact) mass is 686 g/mol. The molecule has 1 aliphatic heterocycles. The number of carbonyl (C=O) groups is 3. The molecule has 3 unspecified atom stereocenters. The first-order valence-corrected chi connectivity index (χ1v) is 19.8. The summed E-state index contributed by atoms with van der Waals surface area (Å²) in [5, 5.41) is 11.2. The van der Waals surface area contributed by atoms with Gasteiger partial charge < -0.3 is 19.3 Å². The van der Waals surface area contributed by atoms with Gasteiger partial charge in [0.1, 0.15) is 11.8 Å². The van der Waals surface area contributed by atoms with Crippen molar-refractivity contribution in [1.82, 2.24) is 0 Å². The molecule has 5 aliphatic rings. The van der Waals surface area contributed by atoms with E-state index in [1.165, 1.54) is 57.4 Å². The van der Waals surface area contributed by atoms with Gasteiger partial charge in [-0.05, 0) is 80.4 Å². The van der Waals surface area contributed by atoms with Gasteiger partial charge in [0, 0.05) is 10.8 Å². The van der Waals surface area contributed by atoms with Crippen molar-refractivity contribution in [3.05, 3.63) is 23.8 Å². The number of carbonyl (C=O) groups excluding carboxylic acids is 3. The van der Waals surface area contributed by atoms with Gasteiger partial charge in [-0.2, -0.15) is 0 Å². The Bertz CT molecular complexity index is 1230. The lowest BCUT2D eigenvalue weighted by atomic mass is 9.46. The fraction of sp³-hybridized carbons (Fsp3) is 0.829. The minimum Gasteiger partial charge on any atom is -0.456 e. The summed E-state index contributed by atoms with van der Waals surface area (Å²) in [6, 6.07) is 0. The van der Waals surface area contributed by atoms with Crippen molar-refractivity contribution in [1.29, 1.82) is 0 Å². The lowest BCUT2D eigenvalue weighted by Gasteiger charge is -2.59. The second kappa shape index (κ2) is 16.6. The topological polar surface area (TPSA) is 99.1 Å². The number of allylic oxidation sites excluding steroid dienone is 4. The molecule has 0 aromatic carbocycles. The lowest BCUT2D eigenvalue weighted by molar-refractivity contribution is -0.261. The number of halogens is 1. The third kappa shape index (κ3) is 7.82. The average molecular weight is 687 g/mol. The molecule has 4 fully saturated rings. The predicted octanol–water partition coefficient (Wildman–Crippen LogP) is 8.70. The van der Waals surface area contributed by atoms with Crippen LogP contribution in [0.4, 0.5) is 4.39 Å². The molecule has 1 N–H and O–H groups in total. The van der Waals surface area contributed by atoms with Crippen LogP contribution >= 0.6 is 0 Å². The Morgan fingerprint density at radius 2 is 1.55 bits per heavy atom. The maximum Gasteiger partial charge on any atom is 0.338 e. The number of alkyl halides is 1. The van der Waals surface area contributed by atoms with Crippen LogP contribution in [0.1, 0.15) is 150 Å². The third-order valence-corrected chi connectivity index (χ3v) is 13.3. The van der Waals surface area contributed by atoms with Crippen LogP contribution in [-0.4, -0.2) is 59.5 Å². The van der Waals surface area contributed by atoms with Crippen LogP contribution in [0, 0.1) is 28.6 Å². The van der Waals surface area contributed by atoms with Crippen LogP contribution in [-0.2, 0) is 28.6 Å². The van der Waals surface area contributed by atoms with Gasteiger partial charge in [0.25, 0.3) is 0 Å². The Morgan fingerprint density at radius 1 is 0.898 bits per heavy atom. The minimum atomic E-state index is -1.24. The SMILES string of the molecule is CCCCCCCCCCCCCC(O)C1OC(CCC)O[C@@]2(CC[C@H]3[C@@H]4C[C@H](F)C5=CC(=O)C=C[C@]5(C)[C@H]4CC[C@@]32C)C(=O)COC1=O. The van der Waals surface area contributed by atoms with Gasteiger partial charge in [0.05, 0.1) is 6.10 Å². The molecule has 10 atom stereocenters. The molecule has 1 heterocycles. The smallest absolute Gasteiger partial charge is 0.338 e. The summed E-state index contributed by atoms with van der Waals surface area (Å²) in [5.74, 6) is -0.933. The van der Waals surface area contributed by atoms with E-state index in [0.717, 1.165) is 25.7 Å². The Labute approximate surface area is 294 Å². The fourth-order valence-corrected chi connectivity index (χ4v) is 10.5. The number of ketones is 2. The van der Waals surface area contributed by atoms with E-state index in [2.05, 4.69) is 20.8 Å². The highest BCUT2D eigenvalue weighted by Gasteiger charge is 2.69. The molecular formula is C41H63FO7. The summed E-state index contributed by atoms with van der Waals surface area (Å²) in [5.41, 5.74) is -1.78. The zero-order chi connectivity index (χ0) is 35.2. The first kappa shape index (κ1) is 38.3. The number of esters is 1. The van der Waals surface area contributed by atoms with E-state index in [4.69, 9.17) is 14.2 Å². The number of rotatable bonds is 15. The summed E-state index contributed by atoms with van der Waals surface area (Å²) >= 11 is 0. The Balaban J connectivity index is 1.23. The molecule has 1 saturated heterocycles. The normalized spacial score (nSPS) is 38.2. The standard InChI is InChI=1S/C41H63FO7/c1-5-7-8-9-10-11-12-13-14-15-16-18-34(44)37-38(46)47-27-35(45)41(49-36(48-37)17-6-2)24-21-31-29-26-33(42)32-25-28(43)19-22-39(32,3)30(29)20-23-40(31,41)4/h19,22,25,29-31,33-34,36-37,44H,5-18,20-21,23-24,26-27H2,1-4H3/t29-,30+,31+,33+,34?,36?,37?,39-,40+,41+/m1/s1. The van der Waals surface area contributed by atoms with Crippen molar-refractivity contribution in [2.24, 2.45) is 28.6 Å². The number of unbranched alkanes of at least 4 members (excludes halogenated alkanes) is 10. The van der Waals surface area contributed by atoms with Gasteiger partial charge in [0.15, 0.2) is 24.8 Å². The zero-order valence-electron chi connectivity index (χ0n) is 30.7. The van der Waals surface area contributed by atoms with E-state index in [1.807, 2.05) is 13.0 Å². The summed E-state index contributed by atoms with van der Waals surface area (Å²) < 4.78 is 34.7. The molecule has 3 saturated carbocycles. The van der Waals surface area contributed by atoms with Gasteiger partial charge in [-0.15, -0.1) is 0 Å². The summed E-state index contributed by atoms with van der Waals surface area (Å²) in [4.78, 5) is 39.8. The quantitative estimate of drug-likeness (QED) is 0.136. The van der Waals surface area contributed by atoms with E-state index in [1.54, 1.807) is 6.08 Å². The van der Waals surface area contributed by atoms with Crippen LogP contribution in [0.15, 0.2) is 23.8 Å². The molecule has 0 aromatic heterocycles. The molecular weight excluding hydrogens is 623 g/mol. The fourth-order valence-electron chi connectivity index (χ4n) is 10.5.